The van der Waals surface area contributed by atoms with E-state index in [-0.39, 0.29) is 29.6 Å². The summed E-state index contributed by atoms with van der Waals surface area (Å²) in [6.07, 6.45) is 0.994. The third kappa shape index (κ3) is 4.10. The van der Waals surface area contributed by atoms with Crippen LogP contribution in [0.4, 0.5) is 10.2 Å². The SMILES string of the molecule is CCN(CC(=O)NC(C)C)c1nc(Cl)ncc1F. The molecule has 0 atom stereocenters. The number of carbonyl (C=O) groups is 1. The van der Waals surface area contributed by atoms with Gasteiger partial charge in [-0.1, -0.05) is 0 Å². The summed E-state index contributed by atoms with van der Waals surface area (Å²) in [7, 11) is 0. The number of hydrogen-bond acceptors (Lipinski definition) is 4. The van der Waals surface area contributed by atoms with Crippen LogP contribution < -0.4 is 10.2 Å². The summed E-state index contributed by atoms with van der Waals surface area (Å²) in [5.74, 6) is -0.754. The predicted molar refractivity (Wildman–Crippen MR) is 68.2 cm³/mol. The molecule has 7 heteroatoms. The van der Waals surface area contributed by atoms with Crippen molar-refractivity contribution in [3.05, 3.63) is 17.3 Å². The fourth-order valence-electron chi connectivity index (χ4n) is 1.44. The smallest absolute Gasteiger partial charge is 0.239 e. The number of aromatic nitrogens is 2. The minimum absolute atomic E-state index is 0.0267. The number of nitrogens with one attached hydrogen (secondary N) is 1. The van der Waals surface area contributed by atoms with Crippen LogP contribution >= 0.6 is 11.6 Å². The molecular weight excluding hydrogens is 259 g/mol. The molecule has 0 bridgehead atoms. The first-order valence-electron chi connectivity index (χ1n) is 5.66. The number of likely N-dealkylation sites (N-methyl/N-ethyl adjacent to an activating group) is 1. The highest BCUT2D eigenvalue weighted by molar-refractivity contribution is 6.28. The lowest BCUT2D eigenvalue weighted by Crippen LogP contribution is -2.40. The Bertz CT molecular complexity index is 428. The van der Waals surface area contributed by atoms with Crippen LogP contribution in [0.5, 0.6) is 0 Å². The summed E-state index contributed by atoms with van der Waals surface area (Å²) < 4.78 is 13.6. The minimum atomic E-state index is -0.599. The van der Waals surface area contributed by atoms with Crippen LogP contribution in [-0.2, 0) is 4.79 Å². The van der Waals surface area contributed by atoms with Gasteiger partial charge < -0.3 is 10.2 Å². The molecule has 0 fully saturated rings. The Morgan fingerprint density at radius 1 is 1.61 bits per heavy atom. The van der Waals surface area contributed by atoms with Crippen LogP contribution in [0.3, 0.4) is 0 Å². The lowest BCUT2D eigenvalue weighted by molar-refractivity contribution is -0.120. The van der Waals surface area contributed by atoms with Crippen LogP contribution in [0.2, 0.25) is 5.28 Å². The second-order valence-corrected chi connectivity index (χ2v) is 4.39. The Morgan fingerprint density at radius 2 is 2.28 bits per heavy atom. The van der Waals surface area contributed by atoms with E-state index < -0.39 is 5.82 Å². The third-order valence-electron chi connectivity index (χ3n) is 2.16. The summed E-state index contributed by atoms with van der Waals surface area (Å²) in [5, 5.41) is 2.68. The number of nitrogens with zero attached hydrogens (tertiary/aromatic N) is 3. The first kappa shape index (κ1) is 14.6. The highest BCUT2D eigenvalue weighted by atomic mass is 35.5. The van der Waals surface area contributed by atoms with Crippen LogP contribution in [-0.4, -0.2) is 35.0 Å². The Balaban J connectivity index is 2.83. The van der Waals surface area contributed by atoms with Gasteiger partial charge in [0, 0.05) is 12.6 Å². The average molecular weight is 275 g/mol. The standard InChI is InChI=1S/C11H16ClFN4O/c1-4-17(6-9(18)15-7(2)3)10-8(13)5-14-11(12)16-10/h5,7H,4,6H2,1-3H3,(H,15,18). The second-order valence-electron chi connectivity index (χ2n) is 4.05. The summed E-state index contributed by atoms with van der Waals surface area (Å²) in [4.78, 5) is 20.5. The van der Waals surface area contributed by atoms with Gasteiger partial charge in [-0.3, -0.25) is 4.79 Å². The fraction of sp³-hybridized carbons (Fsp3) is 0.545. The van der Waals surface area contributed by atoms with E-state index in [9.17, 15) is 9.18 Å². The molecule has 0 saturated heterocycles. The molecule has 0 spiro atoms. The van der Waals surface area contributed by atoms with Crippen molar-refractivity contribution in [1.82, 2.24) is 15.3 Å². The van der Waals surface area contributed by atoms with E-state index in [1.807, 2.05) is 13.8 Å². The molecule has 1 N–H and O–H groups in total. The topological polar surface area (TPSA) is 58.1 Å². The number of carbonyl (C=O) groups excluding carboxylic acids is 1. The van der Waals surface area contributed by atoms with Gasteiger partial charge in [0.25, 0.3) is 0 Å². The Hall–Kier alpha value is -1.43. The third-order valence-corrected chi connectivity index (χ3v) is 2.34. The van der Waals surface area contributed by atoms with Gasteiger partial charge in [0.05, 0.1) is 12.7 Å². The van der Waals surface area contributed by atoms with Gasteiger partial charge in [-0.15, -0.1) is 0 Å². The van der Waals surface area contributed by atoms with Crippen molar-refractivity contribution < 1.29 is 9.18 Å². The molecule has 0 aromatic carbocycles. The normalized spacial score (nSPS) is 10.6. The molecule has 0 unspecified atom stereocenters. The van der Waals surface area contributed by atoms with E-state index >= 15 is 0 Å². The van der Waals surface area contributed by atoms with Gasteiger partial charge in [0.2, 0.25) is 11.2 Å². The Labute approximate surface area is 110 Å². The molecule has 1 aromatic heterocycles. The quantitative estimate of drug-likeness (QED) is 0.829. The predicted octanol–water partition coefficient (Wildman–Crippen LogP) is 1.62. The summed E-state index contributed by atoms with van der Waals surface area (Å²) in [5.41, 5.74) is 0. The van der Waals surface area contributed by atoms with E-state index in [1.54, 1.807) is 6.92 Å². The zero-order valence-electron chi connectivity index (χ0n) is 10.6. The van der Waals surface area contributed by atoms with Gasteiger partial charge in [-0.2, -0.15) is 4.98 Å². The van der Waals surface area contributed by atoms with Crippen molar-refractivity contribution in [2.75, 3.05) is 18.0 Å². The minimum Gasteiger partial charge on any atom is -0.352 e. The molecule has 5 nitrogen and oxygen atoms in total. The maximum atomic E-state index is 13.6. The summed E-state index contributed by atoms with van der Waals surface area (Å²) in [6.45, 7) is 5.99. The van der Waals surface area contributed by atoms with E-state index in [0.717, 1.165) is 6.20 Å². The molecule has 100 valence electrons. The molecule has 0 saturated carbocycles. The molecule has 1 amide bonds. The molecule has 0 aliphatic carbocycles. The van der Waals surface area contributed by atoms with Gasteiger partial charge in [0.1, 0.15) is 0 Å². The Kier molecular flexibility index (Phi) is 5.27. The molecule has 1 aromatic rings. The molecule has 0 aliphatic heterocycles. The van der Waals surface area contributed by atoms with E-state index in [2.05, 4.69) is 15.3 Å². The lowest BCUT2D eigenvalue weighted by Gasteiger charge is -2.22. The molecule has 1 rings (SSSR count). The van der Waals surface area contributed by atoms with Crippen LogP contribution in [0, 0.1) is 5.82 Å². The zero-order chi connectivity index (χ0) is 13.7. The maximum Gasteiger partial charge on any atom is 0.239 e. The van der Waals surface area contributed by atoms with E-state index in [1.165, 1.54) is 4.90 Å². The van der Waals surface area contributed by atoms with Gasteiger partial charge in [-0.25, -0.2) is 9.37 Å². The van der Waals surface area contributed by atoms with Crippen LogP contribution in [0.1, 0.15) is 20.8 Å². The number of rotatable bonds is 5. The first-order valence-corrected chi connectivity index (χ1v) is 6.04. The molecular formula is C11H16ClFN4O. The molecule has 18 heavy (non-hydrogen) atoms. The van der Waals surface area contributed by atoms with Crippen molar-refractivity contribution in [1.29, 1.82) is 0 Å². The highest BCUT2D eigenvalue weighted by Crippen LogP contribution is 2.16. The number of anilines is 1. The van der Waals surface area contributed by atoms with Crippen molar-refractivity contribution in [3.63, 3.8) is 0 Å². The summed E-state index contributed by atoms with van der Waals surface area (Å²) >= 11 is 5.62. The second kappa shape index (κ2) is 6.49. The monoisotopic (exact) mass is 274 g/mol. The molecule has 0 aliphatic rings. The van der Waals surface area contributed by atoms with Crippen molar-refractivity contribution in [3.8, 4) is 0 Å². The maximum absolute atomic E-state index is 13.6. The molecule has 1 heterocycles. The zero-order valence-corrected chi connectivity index (χ0v) is 11.3. The van der Waals surface area contributed by atoms with Gasteiger partial charge in [0.15, 0.2) is 11.6 Å². The number of halogens is 2. The van der Waals surface area contributed by atoms with Crippen LogP contribution in [0.15, 0.2) is 6.20 Å². The van der Waals surface area contributed by atoms with Crippen molar-refractivity contribution >= 4 is 23.3 Å². The largest absolute Gasteiger partial charge is 0.352 e. The summed E-state index contributed by atoms with van der Waals surface area (Å²) in [6, 6.07) is 0.0371. The fourth-order valence-corrected chi connectivity index (χ4v) is 1.57. The highest BCUT2D eigenvalue weighted by Gasteiger charge is 2.16. The van der Waals surface area contributed by atoms with Gasteiger partial charge in [-0.05, 0) is 32.4 Å². The number of hydrogen-bond donors (Lipinski definition) is 1. The lowest BCUT2D eigenvalue weighted by atomic mass is 10.3. The van der Waals surface area contributed by atoms with Crippen molar-refractivity contribution in [2.45, 2.75) is 26.8 Å². The number of amides is 1. The van der Waals surface area contributed by atoms with Crippen LogP contribution in [0.25, 0.3) is 0 Å². The van der Waals surface area contributed by atoms with E-state index in [0.29, 0.717) is 6.54 Å². The van der Waals surface area contributed by atoms with Gasteiger partial charge >= 0.3 is 0 Å². The first-order chi connectivity index (χ1) is 8.43. The van der Waals surface area contributed by atoms with E-state index in [4.69, 9.17) is 11.6 Å². The average Bonchev–Trinajstić information content (AvgIpc) is 2.28. The Morgan fingerprint density at radius 3 is 2.83 bits per heavy atom. The van der Waals surface area contributed by atoms with Crippen molar-refractivity contribution in [2.24, 2.45) is 0 Å². The molecule has 0 radical (unpaired) electrons.